The van der Waals surface area contributed by atoms with Crippen LogP contribution in [0.25, 0.3) is 0 Å². The van der Waals surface area contributed by atoms with Crippen LogP contribution in [0.4, 0.5) is 5.69 Å². The van der Waals surface area contributed by atoms with Crippen LogP contribution in [0.2, 0.25) is 0 Å². The quantitative estimate of drug-likeness (QED) is 0.753. The number of benzene rings is 1. The summed E-state index contributed by atoms with van der Waals surface area (Å²) in [5.41, 5.74) is 0.655. The van der Waals surface area contributed by atoms with E-state index in [0.29, 0.717) is 16.3 Å². The predicted molar refractivity (Wildman–Crippen MR) is 54.3 cm³/mol. The lowest BCUT2D eigenvalue weighted by Crippen LogP contribution is -2.08. The minimum atomic E-state index is -1.09. The zero-order chi connectivity index (χ0) is 10.3. The van der Waals surface area contributed by atoms with Gasteiger partial charge in [-0.25, -0.2) is 0 Å². The predicted octanol–water partition coefficient (Wildman–Crippen LogP) is 0.916. The second kappa shape index (κ2) is 3.16. The molecule has 0 aromatic heterocycles. The number of phenolic OH excluding ortho intramolecular Hbond substituents is 1. The van der Waals surface area contributed by atoms with Gasteiger partial charge in [-0.1, -0.05) is 0 Å². The largest absolute Gasteiger partial charge is 0.506 e. The molecule has 1 N–H and O–H groups in total. The van der Waals surface area contributed by atoms with Crippen LogP contribution in [-0.2, 0) is 10.8 Å². The van der Waals surface area contributed by atoms with E-state index >= 15 is 0 Å². The lowest BCUT2D eigenvalue weighted by atomic mass is 10.2. The number of aromatic hydroxyl groups is 1. The van der Waals surface area contributed by atoms with Crippen LogP contribution in [0, 0.1) is 0 Å². The molecule has 0 bridgehead atoms. The van der Waals surface area contributed by atoms with E-state index in [9.17, 15) is 9.32 Å². The summed E-state index contributed by atoms with van der Waals surface area (Å²) in [5, 5.41) is 9.61. The van der Waals surface area contributed by atoms with Crippen molar-refractivity contribution in [3.8, 4) is 11.5 Å². The maximum absolute atomic E-state index is 11.4. The van der Waals surface area contributed by atoms with Gasteiger partial charge in [-0.05, 0) is 6.07 Å². The van der Waals surface area contributed by atoms with Crippen LogP contribution < -0.4 is 9.64 Å². The van der Waals surface area contributed by atoms with Crippen molar-refractivity contribution in [1.82, 2.24) is 0 Å². The monoisotopic (exact) mass is 213 g/mol. The molecule has 0 saturated carbocycles. The van der Waals surface area contributed by atoms with Crippen LogP contribution in [0.15, 0.2) is 17.0 Å². The Morgan fingerprint density at radius 3 is 2.86 bits per heavy atom. The first-order valence-corrected chi connectivity index (χ1v) is 5.47. The molecule has 0 radical (unpaired) electrons. The fourth-order valence-corrected chi connectivity index (χ4v) is 2.31. The average Bonchev–Trinajstić information content (AvgIpc) is 2.46. The molecule has 0 fully saturated rings. The van der Waals surface area contributed by atoms with Crippen LogP contribution in [0.3, 0.4) is 0 Å². The summed E-state index contributed by atoms with van der Waals surface area (Å²) in [5.74, 6) is 0.852. The number of phenols is 1. The van der Waals surface area contributed by atoms with Crippen molar-refractivity contribution in [3.63, 3.8) is 0 Å². The number of rotatable bonds is 1. The van der Waals surface area contributed by atoms with Gasteiger partial charge < -0.3 is 14.7 Å². The summed E-state index contributed by atoms with van der Waals surface area (Å²) in [6.45, 7) is 0. The molecule has 4 nitrogen and oxygen atoms in total. The average molecular weight is 213 g/mol. The summed E-state index contributed by atoms with van der Waals surface area (Å²) in [6, 6.07) is 3.21. The van der Waals surface area contributed by atoms with Gasteiger partial charge in [0, 0.05) is 20.2 Å². The summed E-state index contributed by atoms with van der Waals surface area (Å²) in [4.78, 5) is 2.43. The highest BCUT2D eigenvalue weighted by atomic mass is 32.2. The Balaban J connectivity index is 2.57. The van der Waals surface area contributed by atoms with Gasteiger partial charge in [0.1, 0.15) is 11.5 Å². The molecule has 1 heterocycles. The van der Waals surface area contributed by atoms with Gasteiger partial charge in [-0.15, -0.1) is 0 Å². The Morgan fingerprint density at radius 2 is 2.21 bits per heavy atom. The fourth-order valence-electron chi connectivity index (χ4n) is 1.37. The fraction of sp³-hybridized carbons (Fsp3) is 0.333. The molecule has 5 heteroatoms. The van der Waals surface area contributed by atoms with Gasteiger partial charge in [0.05, 0.1) is 21.4 Å². The number of nitrogens with zero attached hydrogens (tertiary/aromatic N) is 1. The first-order chi connectivity index (χ1) is 6.59. The van der Waals surface area contributed by atoms with E-state index in [1.807, 2.05) is 14.1 Å². The van der Waals surface area contributed by atoms with Gasteiger partial charge in [-0.3, -0.25) is 4.21 Å². The number of ether oxygens (including phenoxy) is 1. The van der Waals surface area contributed by atoms with Crippen LogP contribution in [0.5, 0.6) is 11.5 Å². The molecular formula is C9H11NO3S. The van der Waals surface area contributed by atoms with E-state index in [1.54, 1.807) is 11.0 Å². The normalized spacial score (nSPS) is 18.9. The van der Waals surface area contributed by atoms with Crippen molar-refractivity contribution in [3.05, 3.63) is 12.1 Å². The number of fused-ring (bicyclic) bond motifs is 1. The molecule has 1 atom stereocenters. The molecule has 0 aliphatic carbocycles. The summed E-state index contributed by atoms with van der Waals surface area (Å²) in [7, 11) is 2.55. The van der Waals surface area contributed by atoms with Crippen molar-refractivity contribution in [1.29, 1.82) is 0 Å². The second-order valence-electron chi connectivity index (χ2n) is 3.29. The minimum absolute atomic E-state index is 0.146. The Morgan fingerprint density at radius 1 is 1.50 bits per heavy atom. The van der Waals surface area contributed by atoms with Crippen LogP contribution in [0.1, 0.15) is 0 Å². The van der Waals surface area contributed by atoms with E-state index in [2.05, 4.69) is 0 Å². The minimum Gasteiger partial charge on any atom is -0.506 e. The van der Waals surface area contributed by atoms with Gasteiger partial charge in [0.25, 0.3) is 0 Å². The maximum atomic E-state index is 11.4. The van der Waals surface area contributed by atoms with Crippen molar-refractivity contribution < 1.29 is 14.1 Å². The third-order valence-electron chi connectivity index (χ3n) is 2.09. The van der Waals surface area contributed by atoms with E-state index in [-0.39, 0.29) is 11.7 Å². The standard InChI is InChI=1S/C9H11NO3S/c1-10(2)6-3-9-8(4-7(6)11)13-5-14(9)12/h3-4,11H,5H2,1-2H3. The summed E-state index contributed by atoms with van der Waals surface area (Å²) in [6.07, 6.45) is 0. The van der Waals surface area contributed by atoms with Crippen molar-refractivity contribution in [2.45, 2.75) is 4.90 Å². The first-order valence-electron chi connectivity index (χ1n) is 4.15. The Labute approximate surface area is 84.6 Å². The molecular weight excluding hydrogens is 202 g/mol. The summed E-state index contributed by atoms with van der Waals surface area (Å²) < 4.78 is 16.6. The maximum Gasteiger partial charge on any atom is 0.167 e. The highest BCUT2D eigenvalue weighted by Gasteiger charge is 2.22. The van der Waals surface area contributed by atoms with Crippen molar-refractivity contribution in [2.24, 2.45) is 0 Å². The van der Waals surface area contributed by atoms with E-state index in [4.69, 9.17) is 4.74 Å². The van der Waals surface area contributed by atoms with Crippen molar-refractivity contribution in [2.75, 3.05) is 24.9 Å². The van der Waals surface area contributed by atoms with E-state index in [0.717, 1.165) is 0 Å². The molecule has 76 valence electrons. The second-order valence-corrected chi connectivity index (χ2v) is 4.66. The van der Waals surface area contributed by atoms with Crippen LogP contribution in [-0.4, -0.2) is 29.3 Å². The molecule has 1 aromatic rings. The molecule has 1 aliphatic heterocycles. The SMILES string of the molecule is CN(C)c1cc2c(cc1O)OCS2=O. The lowest BCUT2D eigenvalue weighted by molar-refractivity contribution is 0.389. The summed E-state index contributed by atoms with van der Waals surface area (Å²) >= 11 is 0. The lowest BCUT2D eigenvalue weighted by Gasteiger charge is -2.14. The zero-order valence-electron chi connectivity index (χ0n) is 7.98. The third-order valence-corrected chi connectivity index (χ3v) is 3.23. The number of anilines is 1. The molecule has 1 unspecified atom stereocenters. The molecule has 14 heavy (non-hydrogen) atoms. The molecule has 1 aromatic carbocycles. The van der Waals surface area contributed by atoms with Crippen LogP contribution >= 0.6 is 0 Å². The van der Waals surface area contributed by atoms with Gasteiger partial charge in [-0.2, -0.15) is 0 Å². The van der Waals surface area contributed by atoms with E-state index < -0.39 is 10.8 Å². The van der Waals surface area contributed by atoms with Gasteiger partial charge in [0.15, 0.2) is 5.94 Å². The molecule has 0 saturated heterocycles. The highest BCUT2D eigenvalue weighted by Crippen LogP contribution is 2.38. The molecule has 0 amide bonds. The Kier molecular flexibility index (Phi) is 2.11. The van der Waals surface area contributed by atoms with Gasteiger partial charge >= 0.3 is 0 Å². The van der Waals surface area contributed by atoms with Crippen molar-refractivity contribution >= 4 is 16.5 Å². The molecule has 2 rings (SSSR count). The number of hydrogen-bond acceptors (Lipinski definition) is 4. The number of hydrogen-bond donors (Lipinski definition) is 1. The Hall–Kier alpha value is -1.23. The molecule has 1 aliphatic rings. The smallest absolute Gasteiger partial charge is 0.167 e. The molecule has 0 spiro atoms. The highest BCUT2D eigenvalue weighted by molar-refractivity contribution is 7.85. The van der Waals surface area contributed by atoms with E-state index in [1.165, 1.54) is 6.07 Å². The first kappa shape index (κ1) is 9.33. The Bertz CT molecular complexity index is 403. The zero-order valence-corrected chi connectivity index (χ0v) is 8.80. The van der Waals surface area contributed by atoms with Gasteiger partial charge in [0.2, 0.25) is 0 Å². The topological polar surface area (TPSA) is 49.8 Å². The third kappa shape index (κ3) is 1.33.